The summed E-state index contributed by atoms with van der Waals surface area (Å²) in [5.74, 6) is 0.807. The Bertz CT molecular complexity index is 967. The van der Waals surface area contributed by atoms with Gasteiger partial charge < -0.3 is 14.4 Å². The topological polar surface area (TPSA) is 53.7 Å². The molecule has 0 bridgehead atoms. The smallest absolute Gasteiger partial charge is 0.289 e. The third-order valence-electron chi connectivity index (χ3n) is 5.59. The minimum Gasteiger partial charge on any atom is -0.456 e. The molecule has 0 radical (unpaired) electrons. The summed E-state index contributed by atoms with van der Waals surface area (Å²) in [4.78, 5) is 14.4. The molecule has 0 saturated carbocycles. The van der Waals surface area contributed by atoms with Gasteiger partial charge in [0.15, 0.2) is 5.76 Å². The summed E-state index contributed by atoms with van der Waals surface area (Å²) < 4.78 is 5.87. The van der Waals surface area contributed by atoms with E-state index < -0.39 is 6.10 Å². The predicted octanol–water partition coefficient (Wildman–Crippen LogP) is 4.99. The van der Waals surface area contributed by atoms with Crippen LogP contribution in [0.25, 0.3) is 0 Å². The van der Waals surface area contributed by atoms with Gasteiger partial charge in [0.25, 0.3) is 5.91 Å². The molecule has 152 valence electrons. The van der Waals surface area contributed by atoms with Crippen molar-refractivity contribution >= 4 is 5.91 Å². The number of likely N-dealkylation sites (N-methyl/N-ethyl adjacent to an activating group) is 1. The van der Waals surface area contributed by atoms with Crippen LogP contribution >= 0.6 is 0 Å². The molecule has 2 atom stereocenters. The van der Waals surface area contributed by atoms with E-state index >= 15 is 0 Å². The number of aliphatic hydroxyl groups excluding tert-OH is 1. The highest BCUT2D eigenvalue weighted by atomic mass is 16.4. The van der Waals surface area contributed by atoms with Crippen molar-refractivity contribution in [3.05, 3.63) is 93.9 Å². The molecule has 1 heterocycles. The molecular formula is C25H29NO3. The number of carbonyl (C=O) groups excluding carboxylic acids is 1. The molecular weight excluding hydrogens is 362 g/mol. The van der Waals surface area contributed by atoms with Gasteiger partial charge in [-0.3, -0.25) is 4.79 Å². The summed E-state index contributed by atoms with van der Waals surface area (Å²) >= 11 is 0. The Morgan fingerprint density at radius 1 is 1.03 bits per heavy atom. The van der Waals surface area contributed by atoms with E-state index in [1.807, 2.05) is 43.3 Å². The number of aryl methyl sites for hydroxylation is 3. The zero-order chi connectivity index (χ0) is 21.1. The van der Waals surface area contributed by atoms with Crippen molar-refractivity contribution in [2.75, 3.05) is 7.05 Å². The SMILES string of the molecule is Cc1cc(C)c(Cc2ccc(C(=O)N(C)C(C)C(O)c3ccccc3)o2)c(C)c1. The lowest BCUT2D eigenvalue weighted by molar-refractivity contribution is 0.0460. The first-order valence-corrected chi connectivity index (χ1v) is 9.93. The van der Waals surface area contributed by atoms with E-state index in [1.165, 1.54) is 27.2 Å². The third-order valence-corrected chi connectivity index (χ3v) is 5.59. The quantitative estimate of drug-likeness (QED) is 0.644. The highest BCUT2D eigenvalue weighted by Gasteiger charge is 2.26. The molecule has 1 N–H and O–H groups in total. The van der Waals surface area contributed by atoms with Crippen LogP contribution in [0, 0.1) is 20.8 Å². The van der Waals surface area contributed by atoms with Gasteiger partial charge in [0.1, 0.15) is 5.76 Å². The summed E-state index contributed by atoms with van der Waals surface area (Å²) in [6, 6.07) is 16.9. The molecule has 3 aromatic rings. The van der Waals surface area contributed by atoms with Gasteiger partial charge >= 0.3 is 0 Å². The number of rotatable bonds is 6. The maximum absolute atomic E-state index is 12.9. The van der Waals surface area contributed by atoms with E-state index in [-0.39, 0.29) is 17.7 Å². The van der Waals surface area contributed by atoms with E-state index in [9.17, 15) is 9.90 Å². The van der Waals surface area contributed by atoms with Crippen molar-refractivity contribution < 1.29 is 14.3 Å². The molecule has 0 spiro atoms. The van der Waals surface area contributed by atoms with E-state index in [2.05, 4.69) is 32.9 Å². The molecule has 3 rings (SSSR count). The van der Waals surface area contributed by atoms with E-state index in [0.717, 1.165) is 11.3 Å². The van der Waals surface area contributed by atoms with Crippen LogP contribution in [0.2, 0.25) is 0 Å². The standard InChI is InChI=1S/C25H29NO3/c1-16-13-17(2)22(18(3)14-16)15-21-11-12-23(29-21)25(28)26(5)19(4)24(27)20-9-7-6-8-10-20/h6-14,19,24,27H,15H2,1-5H3. The largest absolute Gasteiger partial charge is 0.456 e. The second-order valence-electron chi connectivity index (χ2n) is 7.83. The average molecular weight is 392 g/mol. The van der Waals surface area contributed by atoms with Gasteiger partial charge in [-0.25, -0.2) is 0 Å². The van der Waals surface area contributed by atoms with Crippen molar-refractivity contribution in [2.45, 2.75) is 46.3 Å². The van der Waals surface area contributed by atoms with Crippen LogP contribution < -0.4 is 0 Å². The second-order valence-corrected chi connectivity index (χ2v) is 7.83. The molecule has 4 heteroatoms. The maximum atomic E-state index is 12.9. The molecule has 0 aliphatic rings. The number of aliphatic hydroxyl groups is 1. The summed E-state index contributed by atoms with van der Waals surface area (Å²) in [6.07, 6.45) is -0.116. The van der Waals surface area contributed by atoms with Crippen LogP contribution in [0.3, 0.4) is 0 Å². The number of amides is 1. The van der Waals surface area contributed by atoms with Gasteiger partial charge in [0.05, 0.1) is 12.1 Å². The van der Waals surface area contributed by atoms with Gasteiger partial charge in [-0.15, -0.1) is 0 Å². The Morgan fingerprint density at radius 3 is 2.28 bits per heavy atom. The van der Waals surface area contributed by atoms with Crippen LogP contribution in [-0.2, 0) is 6.42 Å². The molecule has 2 aromatic carbocycles. The molecule has 0 aliphatic heterocycles. The number of benzene rings is 2. The van der Waals surface area contributed by atoms with E-state index in [4.69, 9.17) is 4.42 Å². The van der Waals surface area contributed by atoms with Gasteiger partial charge in [0, 0.05) is 13.5 Å². The van der Waals surface area contributed by atoms with Crippen LogP contribution in [-0.4, -0.2) is 29.0 Å². The van der Waals surface area contributed by atoms with Crippen LogP contribution in [0.4, 0.5) is 0 Å². The second kappa shape index (κ2) is 8.66. The first-order valence-electron chi connectivity index (χ1n) is 9.93. The Balaban J connectivity index is 1.73. The molecule has 0 saturated heterocycles. The maximum Gasteiger partial charge on any atom is 0.289 e. The van der Waals surface area contributed by atoms with Crippen molar-refractivity contribution in [3.8, 4) is 0 Å². The monoisotopic (exact) mass is 391 g/mol. The lowest BCUT2D eigenvalue weighted by atomic mass is 9.97. The summed E-state index contributed by atoms with van der Waals surface area (Å²) in [5, 5.41) is 10.6. The van der Waals surface area contributed by atoms with Gasteiger partial charge in [-0.2, -0.15) is 0 Å². The van der Waals surface area contributed by atoms with E-state index in [1.54, 1.807) is 13.1 Å². The Labute approximate surface area is 172 Å². The van der Waals surface area contributed by atoms with E-state index in [0.29, 0.717) is 6.42 Å². The summed E-state index contributed by atoms with van der Waals surface area (Å²) in [5.41, 5.74) is 5.70. The van der Waals surface area contributed by atoms with Crippen molar-refractivity contribution in [1.82, 2.24) is 4.90 Å². The highest BCUT2D eigenvalue weighted by molar-refractivity contribution is 5.91. The Morgan fingerprint density at radius 2 is 1.66 bits per heavy atom. The Kier molecular flexibility index (Phi) is 6.23. The molecule has 0 fully saturated rings. The molecule has 29 heavy (non-hydrogen) atoms. The van der Waals surface area contributed by atoms with Gasteiger partial charge in [0.2, 0.25) is 0 Å². The fourth-order valence-electron chi connectivity index (χ4n) is 3.75. The van der Waals surface area contributed by atoms with Crippen molar-refractivity contribution in [2.24, 2.45) is 0 Å². The minimum absolute atomic E-state index is 0.240. The molecule has 4 nitrogen and oxygen atoms in total. The first kappa shape index (κ1) is 20.9. The highest BCUT2D eigenvalue weighted by Crippen LogP contribution is 2.24. The lowest BCUT2D eigenvalue weighted by Crippen LogP contribution is -2.38. The van der Waals surface area contributed by atoms with Crippen molar-refractivity contribution in [3.63, 3.8) is 0 Å². The molecule has 1 amide bonds. The number of carbonyl (C=O) groups is 1. The zero-order valence-electron chi connectivity index (χ0n) is 17.8. The van der Waals surface area contributed by atoms with Gasteiger partial charge in [-0.1, -0.05) is 48.0 Å². The first-order chi connectivity index (χ1) is 13.8. The lowest BCUT2D eigenvalue weighted by Gasteiger charge is -2.28. The Hall–Kier alpha value is -2.85. The number of hydrogen-bond acceptors (Lipinski definition) is 3. The molecule has 2 unspecified atom stereocenters. The number of nitrogens with zero attached hydrogens (tertiary/aromatic N) is 1. The number of furan rings is 1. The molecule has 0 aliphatic carbocycles. The zero-order valence-corrected chi connectivity index (χ0v) is 17.8. The van der Waals surface area contributed by atoms with Crippen LogP contribution in [0.5, 0.6) is 0 Å². The fourth-order valence-corrected chi connectivity index (χ4v) is 3.75. The van der Waals surface area contributed by atoms with Crippen LogP contribution in [0.15, 0.2) is 59.0 Å². The predicted molar refractivity (Wildman–Crippen MR) is 115 cm³/mol. The minimum atomic E-state index is -0.766. The average Bonchev–Trinajstić information content (AvgIpc) is 3.17. The van der Waals surface area contributed by atoms with Gasteiger partial charge in [-0.05, 0) is 62.1 Å². The normalized spacial score (nSPS) is 13.2. The van der Waals surface area contributed by atoms with Crippen LogP contribution in [0.1, 0.15) is 57.2 Å². The third kappa shape index (κ3) is 4.60. The fraction of sp³-hybridized carbons (Fsp3) is 0.320. The summed E-state index contributed by atoms with van der Waals surface area (Å²) in [6.45, 7) is 8.13. The summed E-state index contributed by atoms with van der Waals surface area (Å²) in [7, 11) is 1.69. The number of hydrogen-bond donors (Lipinski definition) is 1. The molecule has 1 aromatic heterocycles. The van der Waals surface area contributed by atoms with Crippen molar-refractivity contribution in [1.29, 1.82) is 0 Å².